The van der Waals surface area contributed by atoms with E-state index in [2.05, 4.69) is 26.2 Å². The molecular weight excluding hydrogens is 254 g/mol. The number of nitrogens with zero attached hydrogens (tertiary/aromatic N) is 1. The number of aromatic nitrogens is 1. The summed E-state index contributed by atoms with van der Waals surface area (Å²) < 4.78 is 1.04. The molecule has 1 aromatic carbocycles. The van der Waals surface area contributed by atoms with Gasteiger partial charge in [0.1, 0.15) is 5.82 Å². The summed E-state index contributed by atoms with van der Waals surface area (Å²) in [7, 11) is 0. The van der Waals surface area contributed by atoms with Crippen molar-refractivity contribution in [3.05, 3.63) is 47.1 Å². The summed E-state index contributed by atoms with van der Waals surface area (Å²) in [6, 6.07) is 11.6. The molecule has 0 spiro atoms. The number of benzene rings is 1. The Morgan fingerprint density at radius 1 is 1.13 bits per heavy atom. The normalized spacial score (nSPS) is 9.93. The van der Waals surface area contributed by atoms with Gasteiger partial charge in [-0.2, -0.15) is 0 Å². The van der Waals surface area contributed by atoms with E-state index >= 15 is 0 Å². The highest BCUT2D eigenvalue weighted by atomic mass is 79.9. The monoisotopic (exact) mass is 263 g/mol. The molecule has 15 heavy (non-hydrogen) atoms. The van der Waals surface area contributed by atoms with Crippen LogP contribution in [0.4, 0.5) is 17.2 Å². The Morgan fingerprint density at radius 2 is 2.00 bits per heavy atom. The Morgan fingerprint density at radius 3 is 2.67 bits per heavy atom. The van der Waals surface area contributed by atoms with Gasteiger partial charge in [-0.05, 0) is 30.3 Å². The number of nitrogens with two attached hydrogens (primary N) is 1. The molecule has 0 aliphatic carbocycles. The molecule has 3 N–H and O–H groups in total. The Hall–Kier alpha value is -1.55. The Bertz CT molecular complexity index is 454. The van der Waals surface area contributed by atoms with Crippen LogP contribution in [-0.4, -0.2) is 4.98 Å². The maximum Gasteiger partial charge on any atom is 0.123 e. The molecule has 4 heteroatoms. The molecule has 0 unspecified atom stereocenters. The van der Waals surface area contributed by atoms with E-state index in [0.29, 0.717) is 5.82 Å². The minimum absolute atomic E-state index is 0.523. The molecule has 0 aliphatic heterocycles. The first-order valence-electron chi connectivity index (χ1n) is 4.48. The van der Waals surface area contributed by atoms with Crippen LogP contribution in [-0.2, 0) is 0 Å². The Kier molecular flexibility index (Phi) is 2.87. The van der Waals surface area contributed by atoms with E-state index in [9.17, 15) is 0 Å². The van der Waals surface area contributed by atoms with E-state index in [4.69, 9.17) is 5.73 Å². The molecule has 76 valence electrons. The smallest absolute Gasteiger partial charge is 0.123 e. The summed E-state index contributed by atoms with van der Waals surface area (Å²) in [5, 5.41) is 3.22. The third-order valence-corrected chi connectivity index (χ3v) is 2.39. The molecule has 2 rings (SSSR count). The van der Waals surface area contributed by atoms with Crippen molar-refractivity contribution < 1.29 is 0 Å². The molecule has 0 aliphatic rings. The lowest BCUT2D eigenvalue weighted by Crippen LogP contribution is -1.93. The van der Waals surface area contributed by atoms with E-state index in [0.717, 1.165) is 15.8 Å². The lowest BCUT2D eigenvalue weighted by atomic mass is 10.3. The van der Waals surface area contributed by atoms with Gasteiger partial charge in [-0.3, -0.25) is 0 Å². The zero-order chi connectivity index (χ0) is 10.7. The predicted octanol–water partition coefficient (Wildman–Crippen LogP) is 3.17. The average Bonchev–Trinajstić information content (AvgIpc) is 2.22. The summed E-state index contributed by atoms with van der Waals surface area (Å²) in [4.78, 5) is 4.00. The van der Waals surface area contributed by atoms with Crippen molar-refractivity contribution in [2.75, 3.05) is 11.1 Å². The Labute approximate surface area is 96.5 Å². The minimum Gasteiger partial charge on any atom is -0.384 e. The van der Waals surface area contributed by atoms with E-state index < -0.39 is 0 Å². The summed E-state index contributed by atoms with van der Waals surface area (Å²) in [6.45, 7) is 0. The summed E-state index contributed by atoms with van der Waals surface area (Å²) in [5.74, 6) is 0.523. The van der Waals surface area contributed by atoms with Crippen molar-refractivity contribution in [1.82, 2.24) is 4.98 Å². The van der Waals surface area contributed by atoms with Crippen LogP contribution in [0.1, 0.15) is 0 Å². The second kappa shape index (κ2) is 4.31. The molecule has 0 fully saturated rings. The second-order valence-corrected chi connectivity index (χ2v) is 4.02. The minimum atomic E-state index is 0.523. The van der Waals surface area contributed by atoms with Crippen LogP contribution in [0.5, 0.6) is 0 Å². The second-order valence-electron chi connectivity index (χ2n) is 3.11. The van der Waals surface area contributed by atoms with E-state index in [1.165, 1.54) is 0 Å². The fourth-order valence-electron chi connectivity index (χ4n) is 1.21. The number of halogens is 1. The number of pyridine rings is 1. The van der Waals surface area contributed by atoms with E-state index in [1.54, 1.807) is 12.3 Å². The number of anilines is 3. The largest absolute Gasteiger partial charge is 0.384 e. The lowest BCUT2D eigenvalue weighted by molar-refractivity contribution is 1.33. The van der Waals surface area contributed by atoms with Crippen LogP contribution in [0.2, 0.25) is 0 Å². The first-order chi connectivity index (χ1) is 7.24. The van der Waals surface area contributed by atoms with Gasteiger partial charge in [0.25, 0.3) is 0 Å². The molecule has 1 aromatic heterocycles. The number of hydrogen-bond acceptors (Lipinski definition) is 3. The molecule has 1 heterocycles. The van der Waals surface area contributed by atoms with Gasteiger partial charge in [-0.1, -0.05) is 22.0 Å². The summed E-state index contributed by atoms with van der Waals surface area (Å²) >= 11 is 3.41. The molecular formula is C11H10BrN3. The zero-order valence-corrected chi connectivity index (χ0v) is 9.53. The van der Waals surface area contributed by atoms with Gasteiger partial charge < -0.3 is 11.1 Å². The van der Waals surface area contributed by atoms with Crippen LogP contribution in [0.15, 0.2) is 47.1 Å². The van der Waals surface area contributed by atoms with Crippen molar-refractivity contribution in [3.63, 3.8) is 0 Å². The van der Waals surface area contributed by atoms with Crippen molar-refractivity contribution in [2.24, 2.45) is 0 Å². The fourth-order valence-corrected chi connectivity index (χ4v) is 1.61. The maximum atomic E-state index is 5.50. The topological polar surface area (TPSA) is 50.9 Å². The molecule has 2 aromatic rings. The van der Waals surface area contributed by atoms with Crippen LogP contribution in [0.25, 0.3) is 0 Å². The van der Waals surface area contributed by atoms with Gasteiger partial charge in [0, 0.05) is 10.2 Å². The van der Waals surface area contributed by atoms with Crippen LogP contribution < -0.4 is 11.1 Å². The third-order valence-electron chi connectivity index (χ3n) is 1.90. The lowest BCUT2D eigenvalue weighted by Gasteiger charge is -2.06. The molecule has 0 radical (unpaired) electrons. The van der Waals surface area contributed by atoms with Crippen LogP contribution in [0.3, 0.4) is 0 Å². The molecule has 0 saturated carbocycles. The highest BCUT2D eigenvalue weighted by Crippen LogP contribution is 2.20. The van der Waals surface area contributed by atoms with Gasteiger partial charge >= 0.3 is 0 Å². The van der Waals surface area contributed by atoms with Gasteiger partial charge in [-0.25, -0.2) is 4.98 Å². The van der Waals surface area contributed by atoms with Crippen LogP contribution >= 0.6 is 15.9 Å². The number of rotatable bonds is 2. The first-order valence-corrected chi connectivity index (χ1v) is 5.27. The van der Waals surface area contributed by atoms with E-state index in [1.807, 2.05) is 30.3 Å². The maximum absolute atomic E-state index is 5.50. The number of hydrogen-bond donors (Lipinski definition) is 2. The summed E-state index contributed by atoms with van der Waals surface area (Å²) in [6.07, 6.45) is 1.70. The molecule has 0 atom stereocenters. The average molecular weight is 264 g/mol. The van der Waals surface area contributed by atoms with Gasteiger partial charge in [0.05, 0.1) is 11.9 Å². The van der Waals surface area contributed by atoms with Gasteiger partial charge in [0.2, 0.25) is 0 Å². The molecule has 0 saturated heterocycles. The first kappa shape index (κ1) is 9.98. The zero-order valence-electron chi connectivity index (χ0n) is 7.94. The SMILES string of the molecule is Nc1ccc(Nc2cccc(Br)c2)cn1. The highest BCUT2D eigenvalue weighted by molar-refractivity contribution is 9.10. The van der Waals surface area contributed by atoms with Gasteiger partial charge in [0.15, 0.2) is 0 Å². The third kappa shape index (κ3) is 2.70. The Balaban J connectivity index is 2.18. The van der Waals surface area contributed by atoms with Crippen molar-refractivity contribution in [3.8, 4) is 0 Å². The quantitative estimate of drug-likeness (QED) is 0.875. The van der Waals surface area contributed by atoms with Crippen molar-refractivity contribution >= 4 is 33.1 Å². The molecule has 0 bridgehead atoms. The predicted molar refractivity (Wildman–Crippen MR) is 66.1 cm³/mol. The van der Waals surface area contributed by atoms with Gasteiger partial charge in [-0.15, -0.1) is 0 Å². The standard InChI is InChI=1S/C11H10BrN3/c12-8-2-1-3-9(6-8)15-10-4-5-11(13)14-7-10/h1-7,15H,(H2,13,14). The van der Waals surface area contributed by atoms with Crippen LogP contribution in [0, 0.1) is 0 Å². The number of nitrogen functional groups attached to an aromatic ring is 1. The molecule has 0 amide bonds. The number of nitrogens with one attached hydrogen (secondary N) is 1. The fraction of sp³-hybridized carbons (Fsp3) is 0. The van der Waals surface area contributed by atoms with Crippen molar-refractivity contribution in [2.45, 2.75) is 0 Å². The summed E-state index contributed by atoms with van der Waals surface area (Å²) in [5.41, 5.74) is 7.43. The highest BCUT2D eigenvalue weighted by Gasteiger charge is 1.95. The molecule has 3 nitrogen and oxygen atoms in total. The van der Waals surface area contributed by atoms with E-state index in [-0.39, 0.29) is 0 Å². The van der Waals surface area contributed by atoms with Crippen molar-refractivity contribution in [1.29, 1.82) is 0 Å².